The molecule has 3 aliphatic heterocycles. The first-order valence-electron chi connectivity index (χ1n) is 11.3. The topological polar surface area (TPSA) is 76.6 Å². The summed E-state index contributed by atoms with van der Waals surface area (Å²) >= 11 is 0. The average Bonchev–Trinajstić information content (AvgIpc) is 3.17. The van der Waals surface area contributed by atoms with Crippen LogP contribution in [-0.4, -0.2) is 58.4 Å². The number of fused-ring (bicyclic) bond motifs is 1. The van der Waals surface area contributed by atoms with E-state index in [0.29, 0.717) is 11.8 Å². The van der Waals surface area contributed by atoms with Crippen molar-refractivity contribution in [3.05, 3.63) is 35.5 Å². The fourth-order valence-corrected chi connectivity index (χ4v) is 5.76. The molecule has 8 heteroatoms. The number of rotatable bonds is 5. The molecule has 1 aromatic heterocycles. The van der Waals surface area contributed by atoms with Gasteiger partial charge in [0, 0.05) is 57.4 Å². The van der Waals surface area contributed by atoms with Crippen LogP contribution in [0.3, 0.4) is 0 Å². The number of nitrogens with one attached hydrogen (secondary N) is 1. The molecule has 1 N–H and O–H groups in total. The zero-order valence-electron chi connectivity index (χ0n) is 18.0. The summed E-state index contributed by atoms with van der Waals surface area (Å²) in [6, 6.07) is 8.56. The van der Waals surface area contributed by atoms with Gasteiger partial charge in [0.05, 0.1) is 16.5 Å². The number of hydrogen-bond donors (Lipinski definition) is 1. The van der Waals surface area contributed by atoms with Gasteiger partial charge in [0.15, 0.2) is 0 Å². The van der Waals surface area contributed by atoms with Crippen LogP contribution < -0.4 is 15.0 Å². The second kappa shape index (κ2) is 9.12. The lowest BCUT2D eigenvalue weighted by Crippen LogP contribution is -2.39. The maximum absolute atomic E-state index is 12.6. The molecule has 0 bridgehead atoms. The van der Waals surface area contributed by atoms with E-state index in [-0.39, 0.29) is 6.10 Å². The van der Waals surface area contributed by atoms with E-state index in [1.54, 1.807) is 0 Å². The number of aryl methyl sites for hydroxylation is 2. The van der Waals surface area contributed by atoms with Gasteiger partial charge >= 0.3 is 0 Å². The third-order valence-electron chi connectivity index (χ3n) is 6.29. The van der Waals surface area contributed by atoms with Gasteiger partial charge in [-0.15, -0.1) is 0 Å². The summed E-state index contributed by atoms with van der Waals surface area (Å²) in [4.78, 5) is 12.7. The summed E-state index contributed by atoms with van der Waals surface area (Å²) in [6.07, 6.45) is 4.73. The molecule has 31 heavy (non-hydrogen) atoms. The van der Waals surface area contributed by atoms with Crippen LogP contribution in [0.1, 0.15) is 36.9 Å². The van der Waals surface area contributed by atoms with Crippen LogP contribution in [0, 0.1) is 6.92 Å². The Morgan fingerprint density at radius 2 is 1.84 bits per heavy atom. The third kappa shape index (κ3) is 4.70. The van der Waals surface area contributed by atoms with Gasteiger partial charge < -0.3 is 19.7 Å². The number of hydrogen-bond acceptors (Lipinski definition) is 7. The smallest absolute Gasteiger partial charge is 0.227 e. The van der Waals surface area contributed by atoms with Gasteiger partial charge in [-0.3, -0.25) is 4.21 Å². The van der Waals surface area contributed by atoms with E-state index >= 15 is 0 Å². The Bertz CT molecular complexity index is 939. The molecule has 0 radical (unpaired) electrons. The van der Waals surface area contributed by atoms with E-state index in [1.807, 2.05) is 12.1 Å². The highest BCUT2D eigenvalue weighted by molar-refractivity contribution is 7.85. The quantitative estimate of drug-likeness (QED) is 0.762. The number of anilines is 2. The lowest BCUT2D eigenvalue weighted by atomic mass is 10.1. The molecule has 7 nitrogen and oxygen atoms in total. The largest absolute Gasteiger partial charge is 0.490 e. The molecule has 1 atom stereocenters. The highest BCUT2D eigenvalue weighted by Crippen LogP contribution is 2.32. The summed E-state index contributed by atoms with van der Waals surface area (Å²) in [5, 5.41) is 3.56. The number of benzene rings is 1. The average molecular weight is 443 g/mol. The van der Waals surface area contributed by atoms with Gasteiger partial charge in [0.1, 0.15) is 22.6 Å². The first-order valence-corrected chi connectivity index (χ1v) is 12.6. The van der Waals surface area contributed by atoms with E-state index in [2.05, 4.69) is 29.3 Å². The number of aromatic nitrogens is 2. The maximum Gasteiger partial charge on any atom is 0.227 e. The second-order valence-electron chi connectivity index (χ2n) is 8.60. The lowest BCUT2D eigenvalue weighted by Gasteiger charge is -2.33. The fourth-order valence-electron chi connectivity index (χ4n) is 4.44. The summed E-state index contributed by atoms with van der Waals surface area (Å²) in [7, 11) is -1.01. The van der Waals surface area contributed by atoms with Crippen molar-refractivity contribution >= 4 is 22.6 Å². The standard InChI is InChI=1S/C23H30N4O3S/c1-16-2-4-18(5-3-16)30-19-6-11-27(12-7-19)23-25-20-10-15-31(28)21(20)22(26-23)24-17-8-13-29-14-9-17/h2-5,17,19H,6-15H2,1H3,(H,24,25,26). The number of ether oxygens (including phenoxy) is 2. The normalized spacial score (nSPS) is 22.4. The van der Waals surface area contributed by atoms with Crippen LogP contribution in [0.25, 0.3) is 0 Å². The SMILES string of the molecule is Cc1ccc(OC2CCN(c3nc4c(c(NC5CCOCC5)n3)S(=O)CC4)CC2)cc1. The molecule has 0 saturated carbocycles. The van der Waals surface area contributed by atoms with Crippen molar-refractivity contribution in [2.45, 2.75) is 56.1 Å². The van der Waals surface area contributed by atoms with Gasteiger partial charge in [-0.1, -0.05) is 17.7 Å². The van der Waals surface area contributed by atoms with Gasteiger partial charge in [-0.05, 0) is 31.9 Å². The van der Waals surface area contributed by atoms with Crippen molar-refractivity contribution in [3.63, 3.8) is 0 Å². The first-order chi connectivity index (χ1) is 15.2. The van der Waals surface area contributed by atoms with Crippen LogP contribution in [0.15, 0.2) is 29.2 Å². The Balaban J connectivity index is 1.28. The highest BCUT2D eigenvalue weighted by Gasteiger charge is 2.30. The fraction of sp³-hybridized carbons (Fsp3) is 0.565. The molecule has 5 rings (SSSR count). The van der Waals surface area contributed by atoms with Crippen molar-refractivity contribution in [2.75, 3.05) is 42.3 Å². The van der Waals surface area contributed by atoms with Gasteiger partial charge in [0.2, 0.25) is 5.95 Å². The molecule has 1 aromatic carbocycles. The molecule has 0 aliphatic carbocycles. The Morgan fingerprint density at radius 3 is 2.58 bits per heavy atom. The van der Waals surface area contributed by atoms with Crippen molar-refractivity contribution < 1.29 is 13.7 Å². The minimum absolute atomic E-state index is 0.209. The van der Waals surface area contributed by atoms with Crippen molar-refractivity contribution in [1.29, 1.82) is 0 Å². The predicted molar refractivity (Wildman–Crippen MR) is 122 cm³/mol. The Hall–Kier alpha value is -2.19. The molecule has 0 spiro atoms. The van der Waals surface area contributed by atoms with E-state index < -0.39 is 10.8 Å². The Labute approximate surface area is 186 Å². The van der Waals surface area contributed by atoms with Crippen LogP contribution in [0.4, 0.5) is 11.8 Å². The van der Waals surface area contributed by atoms with E-state index in [4.69, 9.17) is 19.4 Å². The molecule has 1 unspecified atom stereocenters. The molecular weight excluding hydrogens is 412 g/mol. The van der Waals surface area contributed by atoms with E-state index in [0.717, 1.165) is 86.5 Å². The van der Waals surface area contributed by atoms with Crippen molar-refractivity contribution in [1.82, 2.24) is 9.97 Å². The van der Waals surface area contributed by atoms with E-state index in [1.165, 1.54) is 5.56 Å². The highest BCUT2D eigenvalue weighted by atomic mass is 32.2. The number of piperidine rings is 1. The lowest BCUT2D eigenvalue weighted by molar-refractivity contribution is 0.0903. The third-order valence-corrected chi connectivity index (χ3v) is 7.75. The summed E-state index contributed by atoms with van der Waals surface area (Å²) in [5.74, 6) is 3.09. The molecule has 2 saturated heterocycles. The minimum Gasteiger partial charge on any atom is -0.490 e. The number of nitrogens with zero attached hydrogens (tertiary/aromatic N) is 3. The maximum atomic E-state index is 12.6. The summed E-state index contributed by atoms with van der Waals surface area (Å²) in [6.45, 7) is 5.31. The Morgan fingerprint density at radius 1 is 1.10 bits per heavy atom. The molecule has 166 valence electrons. The van der Waals surface area contributed by atoms with Gasteiger partial charge in [0.25, 0.3) is 0 Å². The molecule has 2 fully saturated rings. The van der Waals surface area contributed by atoms with Crippen LogP contribution in [-0.2, 0) is 22.0 Å². The van der Waals surface area contributed by atoms with Crippen LogP contribution >= 0.6 is 0 Å². The Kier molecular flexibility index (Phi) is 6.09. The summed E-state index contributed by atoms with van der Waals surface area (Å²) in [5.41, 5.74) is 2.18. The monoisotopic (exact) mass is 442 g/mol. The summed E-state index contributed by atoms with van der Waals surface area (Å²) < 4.78 is 24.2. The molecule has 3 aliphatic rings. The van der Waals surface area contributed by atoms with Gasteiger partial charge in [-0.2, -0.15) is 4.98 Å². The predicted octanol–water partition coefficient (Wildman–Crippen LogP) is 3.09. The molecule has 4 heterocycles. The van der Waals surface area contributed by atoms with Crippen LogP contribution in [0.2, 0.25) is 0 Å². The molecule has 2 aromatic rings. The first kappa shape index (κ1) is 20.7. The van der Waals surface area contributed by atoms with Crippen molar-refractivity contribution in [2.24, 2.45) is 0 Å². The molecular formula is C23H30N4O3S. The van der Waals surface area contributed by atoms with Crippen molar-refractivity contribution in [3.8, 4) is 5.75 Å². The minimum atomic E-state index is -1.01. The van der Waals surface area contributed by atoms with Crippen LogP contribution in [0.5, 0.6) is 5.75 Å². The second-order valence-corrected chi connectivity index (χ2v) is 10.1. The zero-order valence-corrected chi connectivity index (χ0v) is 18.8. The zero-order chi connectivity index (χ0) is 21.2. The molecule has 0 amide bonds. The van der Waals surface area contributed by atoms with E-state index in [9.17, 15) is 4.21 Å². The van der Waals surface area contributed by atoms with Gasteiger partial charge in [-0.25, -0.2) is 4.98 Å².